The van der Waals surface area contributed by atoms with Gasteiger partial charge in [-0.25, -0.2) is 9.37 Å². The molecule has 0 fully saturated rings. The number of pyridine rings is 1. The van der Waals surface area contributed by atoms with Crippen molar-refractivity contribution in [3.8, 4) is 23.0 Å². The van der Waals surface area contributed by atoms with Crippen molar-refractivity contribution in [2.45, 2.75) is 26.1 Å². The Morgan fingerprint density at radius 2 is 1.83 bits per heavy atom. The van der Waals surface area contributed by atoms with E-state index in [-0.39, 0.29) is 23.2 Å². The number of rotatable bonds is 6. The summed E-state index contributed by atoms with van der Waals surface area (Å²) < 4.78 is 60.3. The summed E-state index contributed by atoms with van der Waals surface area (Å²) in [5, 5.41) is 10.7. The first-order chi connectivity index (χ1) is 16.6. The lowest BCUT2D eigenvalue weighted by Crippen LogP contribution is -2.14. The van der Waals surface area contributed by atoms with Crippen LogP contribution in [-0.4, -0.2) is 25.7 Å². The number of alkyl halides is 3. The first kappa shape index (κ1) is 23.9. The zero-order chi connectivity index (χ0) is 25.2. The number of halogens is 4. The number of carbonyl (C=O) groups is 1. The molecule has 0 saturated heterocycles. The van der Waals surface area contributed by atoms with Crippen LogP contribution in [0.2, 0.25) is 0 Å². The number of benzene rings is 2. The molecule has 1 amide bonds. The average Bonchev–Trinajstić information content (AvgIpc) is 3.31. The molecule has 11 heteroatoms. The number of hydrogen-bond donors (Lipinski definition) is 1. The summed E-state index contributed by atoms with van der Waals surface area (Å²) >= 11 is 0. The summed E-state index contributed by atoms with van der Waals surface area (Å²) in [6.45, 7) is 3.95. The van der Waals surface area contributed by atoms with Crippen LogP contribution in [-0.2, 0) is 6.18 Å². The fraction of sp³-hybridized carbons (Fsp3) is 0.167. The van der Waals surface area contributed by atoms with Gasteiger partial charge in [0.1, 0.15) is 23.6 Å². The second-order valence-corrected chi connectivity index (χ2v) is 7.79. The van der Waals surface area contributed by atoms with E-state index in [1.807, 2.05) is 18.4 Å². The normalized spacial score (nSPS) is 11.5. The van der Waals surface area contributed by atoms with Crippen molar-refractivity contribution in [1.29, 1.82) is 0 Å². The Kier molecular flexibility index (Phi) is 6.50. The van der Waals surface area contributed by atoms with Gasteiger partial charge < -0.3 is 14.6 Å². The third-order valence-corrected chi connectivity index (χ3v) is 4.93. The summed E-state index contributed by atoms with van der Waals surface area (Å²) in [4.78, 5) is 16.2. The van der Waals surface area contributed by atoms with Gasteiger partial charge in [0, 0.05) is 23.4 Å². The Balaban J connectivity index is 1.55. The largest absolute Gasteiger partial charge is 0.439 e. The van der Waals surface area contributed by atoms with Crippen LogP contribution >= 0.6 is 0 Å². The van der Waals surface area contributed by atoms with E-state index in [9.17, 15) is 22.4 Å². The van der Waals surface area contributed by atoms with Crippen molar-refractivity contribution in [2.24, 2.45) is 0 Å². The van der Waals surface area contributed by atoms with Gasteiger partial charge in [-0.2, -0.15) is 13.2 Å². The molecule has 0 aliphatic heterocycles. The number of anilines is 1. The van der Waals surface area contributed by atoms with Crippen LogP contribution < -0.4 is 10.1 Å². The van der Waals surface area contributed by atoms with E-state index in [2.05, 4.69) is 20.5 Å². The second-order valence-electron chi connectivity index (χ2n) is 7.79. The minimum absolute atomic E-state index is 0.0536. The van der Waals surface area contributed by atoms with Gasteiger partial charge in [0.05, 0.1) is 5.56 Å². The Hall–Kier alpha value is -4.28. The van der Waals surface area contributed by atoms with Crippen LogP contribution in [0.15, 0.2) is 67.0 Å². The molecule has 0 aliphatic rings. The van der Waals surface area contributed by atoms with Crippen molar-refractivity contribution in [3.63, 3.8) is 0 Å². The van der Waals surface area contributed by atoms with Crippen LogP contribution in [0.25, 0.3) is 11.4 Å². The topological polar surface area (TPSA) is 81.9 Å². The number of aromatic nitrogens is 4. The molecule has 0 unspecified atom stereocenters. The lowest BCUT2D eigenvalue weighted by Gasteiger charge is -2.12. The van der Waals surface area contributed by atoms with Gasteiger partial charge in [-0.1, -0.05) is 18.2 Å². The van der Waals surface area contributed by atoms with Crippen LogP contribution in [0.5, 0.6) is 11.6 Å². The average molecular weight is 485 g/mol. The van der Waals surface area contributed by atoms with Crippen molar-refractivity contribution in [2.75, 3.05) is 5.32 Å². The minimum atomic E-state index is -4.65. The molecule has 180 valence electrons. The first-order valence-corrected chi connectivity index (χ1v) is 10.4. The summed E-state index contributed by atoms with van der Waals surface area (Å²) in [5.41, 5.74) is -0.410. The van der Waals surface area contributed by atoms with Gasteiger partial charge in [-0.05, 0) is 50.2 Å². The fourth-order valence-corrected chi connectivity index (χ4v) is 3.25. The zero-order valence-electron chi connectivity index (χ0n) is 18.5. The number of amides is 1. The maximum absolute atomic E-state index is 14.4. The second kappa shape index (κ2) is 9.53. The van der Waals surface area contributed by atoms with Gasteiger partial charge in [-0.15, -0.1) is 10.2 Å². The molecule has 0 atom stereocenters. The number of nitrogens with zero attached hydrogens (tertiary/aromatic N) is 4. The number of ether oxygens (including phenoxy) is 1. The van der Waals surface area contributed by atoms with Crippen molar-refractivity contribution >= 4 is 11.6 Å². The van der Waals surface area contributed by atoms with E-state index in [4.69, 9.17) is 4.74 Å². The summed E-state index contributed by atoms with van der Waals surface area (Å²) in [7, 11) is 0. The monoisotopic (exact) mass is 485 g/mol. The third kappa shape index (κ3) is 5.45. The molecular formula is C24H19F4N5O2. The molecule has 0 bridgehead atoms. The van der Waals surface area contributed by atoms with E-state index in [0.717, 1.165) is 24.3 Å². The minimum Gasteiger partial charge on any atom is -0.439 e. The Bertz CT molecular complexity index is 1370. The highest BCUT2D eigenvalue weighted by atomic mass is 19.4. The van der Waals surface area contributed by atoms with Crippen LogP contribution in [0.3, 0.4) is 0 Å². The lowest BCUT2D eigenvalue weighted by atomic mass is 10.1. The Morgan fingerprint density at radius 1 is 1.06 bits per heavy atom. The molecule has 7 nitrogen and oxygen atoms in total. The molecule has 2 aromatic carbocycles. The van der Waals surface area contributed by atoms with E-state index in [0.29, 0.717) is 17.1 Å². The van der Waals surface area contributed by atoms with Gasteiger partial charge >= 0.3 is 6.18 Å². The molecule has 4 rings (SSSR count). The third-order valence-electron chi connectivity index (χ3n) is 4.93. The smallest absolute Gasteiger partial charge is 0.433 e. The maximum atomic E-state index is 14.4. The van der Waals surface area contributed by atoms with Gasteiger partial charge in [-0.3, -0.25) is 4.79 Å². The maximum Gasteiger partial charge on any atom is 0.433 e. The molecule has 4 aromatic rings. The van der Waals surface area contributed by atoms with Crippen molar-refractivity contribution in [1.82, 2.24) is 19.7 Å². The van der Waals surface area contributed by atoms with Gasteiger partial charge in [0.25, 0.3) is 5.91 Å². The van der Waals surface area contributed by atoms with Crippen molar-refractivity contribution in [3.05, 3.63) is 84.1 Å². The molecule has 2 heterocycles. The molecule has 0 aliphatic carbocycles. The quantitative estimate of drug-likeness (QED) is 0.333. The molecule has 0 radical (unpaired) electrons. The predicted molar refractivity (Wildman–Crippen MR) is 120 cm³/mol. The Labute approximate surface area is 197 Å². The van der Waals surface area contributed by atoms with Crippen LogP contribution in [0, 0.1) is 5.82 Å². The molecule has 1 N–H and O–H groups in total. The highest BCUT2D eigenvalue weighted by Gasteiger charge is 2.32. The molecule has 35 heavy (non-hydrogen) atoms. The predicted octanol–water partition coefficient (Wildman–Crippen LogP) is 6.12. The van der Waals surface area contributed by atoms with Gasteiger partial charge in [0.2, 0.25) is 5.88 Å². The van der Waals surface area contributed by atoms with E-state index in [1.165, 1.54) is 12.1 Å². The highest BCUT2D eigenvalue weighted by Crippen LogP contribution is 2.30. The lowest BCUT2D eigenvalue weighted by molar-refractivity contribution is -0.141. The zero-order valence-corrected chi connectivity index (χ0v) is 18.5. The number of hydrogen-bond acceptors (Lipinski definition) is 5. The standard InChI is InChI=1S/C24H19F4N5O2/c1-14(2)33-13-29-32-22(33)15-5-3-6-16(11-15)30-23(34)18-12-17(9-10-19(18)25)35-21-8-4-7-20(31-21)24(26,27)28/h3-14H,1-2H3,(H,30,34). The SMILES string of the molecule is CC(C)n1cnnc1-c1cccc(NC(=O)c2cc(Oc3cccc(C(F)(F)F)n3)ccc2F)c1. The molecule has 0 spiro atoms. The number of nitrogens with one attached hydrogen (secondary N) is 1. The summed E-state index contributed by atoms with van der Waals surface area (Å²) in [5.74, 6) is -1.40. The highest BCUT2D eigenvalue weighted by molar-refractivity contribution is 6.05. The first-order valence-electron chi connectivity index (χ1n) is 10.4. The van der Waals surface area contributed by atoms with E-state index < -0.39 is 23.6 Å². The van der Waals surface area contributed by atoms with Gasteiger partial charge in [0.15, 0.2) is 5.82 Å². The molecule has 2 aromatic heterocycles. The molecule has 0 saturated carbocycles. The van der Waals surface area contributed by atoms with E-state index in [1.54, 1.807) is 30.6 Å². The van der Waals surface area contributed by atoms with Crippen LogP contribution in [0.4, 0.5) is 23.2 Å². The van der Waals surface area contributed by atoms with Crippen LogP contribution in [0.1, 0.15) is 35.9 Å². The summed E-state index contributed by atoms with van der Waals surface area (Å²) in [6.07, 6.45) is -3.05. The fourth-order valence-electron chi connectivity index (χ4n) is 3.25. The number of carbonyl (C=O) groups excluding carboxylic acids is 1. The Morgan fingerprint density at radius 3 is 2.57 bits per heavy atom. The molecular weight excluding hydrogens is 466 g/mol. The summed E-state index contributed by atoms with van der Waals surface area (Å²) in [6, 6.07) is 13.3. The van der Waals surface area contributed by atoms with Crippen molar-refractivity contribution < 1.29 is 27.1 Å². The van der Waals surface area contributed by atoms with E-state index >= 15 is 0 Å².